The molecule has 0 aromatic heterocycles. The van der Waals surface area contributed by atoms with Crippen molar-refractivity contribution in [3.05, 3.63) is 29.8 Å². The van der Waals surface area contributed by atoms with E-state index in [4.69, 9.17) is 10.7 Å². The molecule has 0 aliphatic rings. The highest BCUT2D eigenvalue weighted by atomic mass is 35.7. The minimum Gasteiger partial charge on any atom is -0.350 e. The van der Waals surface area contributed by atoms with E-state index in [1.807, 2.05) is 6.92 Å². The number of benzene rings is 1. The van der Waals surface area contributed by atoms with E-state index in [0.717, 1.165) is 6.42 Å². The Labute approximate surface area is 118 Å². The molecular formula is C13H18ClNO3S. The third-order valence-electron chi connectivity index (χ3n) is 2.60. The summed E-state index contributed by atoms with van der Waals surface area (Å²) in [6, 6.07) is 5.62. The third kappa shape index (κ3) is 5.20. The first-order chi connectivity index (χ1) is 8.70. The lowest BCUT2D eigenvalue weighted by molar-refractivity contribution is 0.0936. The van der Waals surface area contributed by atoms with E-state index in [-0.39, 0.29) is 16.8 Å². The topological polar surface area (TPSA) is 63.2 Å². The molecule has 0 spiro atoms. The van der Waals surface area contributed by atoms with E-state index in [2.05, 4.69) is 19.2 Å². The van der Waals surface area contributed by atoms with Gasteiger partial charge in [0.2, 0.25) is 0 Å². The van der Waals surface area contributed by atoms with Gasteiger partial charge in [-0.15, -0.1) is 0 Å². The summed E-state index contributed by atoms with van der Waals surface area (Å²) in [4.78, 5) is 11.9. The zero-order valence-corrected chi connectivity index (χ0v) is 12.8. The van der Waals surface area contributed by atoms with Gasteiger partial charge in [0.05, 0.1) is 4.90 Å². The summed E-state index contributed by atoms with van der Waals surface area (Å²) in [6.45, 7) is 6.11. The lowest BCUT2D eigenvalue weighted by Gasteiger charge is -2.15. The number of nitrogens with one attached hydrogen (secondary N) is 1. The molecule has 0 aliphatic carbocycles. The number of carbonyl (C=O) groups is 1. The van der Waals surface area contributed by atoms with Crippen LogP contribution >= 0.6 is 10.7 Å². The fourth-order valence-corrected chi connectivity index (χ4v) is 2.61. The molecule has 0 saturated carbocycles. The summed E-state index contributed by atoms with van der Waals surface area (Å²) < 4.78 is 22.2. The normalized spacial score (nSPS) is 13.3. The summed E-state index contributed by atoms with van der Waals surface area (Å²) in [6.07, 6.45) is 0.889. The zero-order chi connectivity index (χ0) is 14.6. The van der Waals surface area contributed by atoms with Crippen molar-refractivity contribution in [1.29, 1.82) is 0 Å². The number of amides is 1. The zero-order valence-electron chi connectivity index (χ0n) is 11.2. The van der Waals surface area contributed by atoms with Crippen LogP contribution in [0.4, 0.5) is 0 Å². The van der Waals surface area contributed by atoms with Gasteiger partial charge in [-0.2, -0.15) is 0 Å². The smallest absolute Gasteiger partial charge is 0.261 e. The van der Waals surface area contributed by atoms with Crippen molar-refractivity contribution in [2.75, 3.05) is 0 Å². The average Bonchev–Trinajstić information content (AvgIpc) is 2.26. The molecule has 0 aliphatic heterocycles. The lowest BCUT2D eigenvalue weighted by Crippen LogP contribution is -2.33. The molecule has 1 aromatic carbocycles. The van der Waals surface area contributed by atoms with Crippen LogP contribution in [-0.2, 0) is 9.05 Å². The van der Waals surface area contributed by atoms with E-state index >= 15 is 0 Å². The van der Waals surface area contributed by atoms with Crippen LogP contribution in [0.5, 0.6) is 0 Å². The molecule has 0 bridgehead atoms. The first-order valence-electron chi connectivity index (χ1n) is 6.05. The summed E-state index contributed by atoms with van der Waals surface area (Å²) in [7, 11) is 1.46. The molecule has 1 rings (SSSR count). The number of hydrogen-bond acceptors (Lipinski definition) is 3. The van der Waals surface area contributed by atoms with Gasteiger partial charge < -0.3 is 5.32 Å². The third-order valence-corrected chi connectivity index (χ3v) is 3.97. The minimum absolute atomic E-state index is 0.0130. The molecular weight excluding hydrogens is 286 g/mol. The van der Waals surface area contributed by atoms with Crippen LogP contribution in [0.2, 0.25) is 0 Å². The van der Waals surface area contributed by atoms with Gasteiger partial charge in [-0.1, -0.05) is 13.8 Å². The monoisotopic (exact) mass is 303 g/mol. The van der Waals surface area contributed by atoms with Gasteiger partial charge in [-0.05, 0) is 43.5 Å². The first-order valence-corrected chi connectivity index (χ1v) is 8.36. The summed E-state index contributed by atoms with van der Waals surface area (Å²) in [5.74, 6) is 0.283. The summed E-state index contributed by atoms with van der Waals surface area (Å²) in [5.41, 5.74) is 0.416. The highest BCUT2D eigenvalue weighted by molar-refractivity contribution is 8.13. The van der Waals surface area contributed by atoms with Crippen molar-refractivity contribution in [2.45, 2.75) is 38.1 Å². The number of rotatable bonds is 5. The Balaban J connectivity index is 2.74. The minimum atomic E-state index is -3.74. The maximum Gasteiger partial charge on any atom is 0.261 e. The molecule has 4 nitrogen and oxygen atoms in total. The average molecular weight is 304 g/mol. The quantitative estimate of drug-likeness (QED) is 0.851. The molecule has 0 radical (unpaired) electrons. The molecule has 0 saturated heterocycles. The van der Waals surface area contributed by atoms with Gasteiger partial charge in [-0.3, -0.25) is 4.79 Å². The Morgan fingerprint density at radius 2 is 1.74 bits per heavy atom. The molecule has 0 fully saturated rings. The van der Waals surface area contributed by atoms with Crippen LogP contribution in [-0.4, -0.2) is 20.4 Å². The number of hydrogen-bond donors (Lipinski definition) is 1. The molecule has 106 valence electrons. The first kappa shape index (κ1) is 16.0. The number of halogens is 1. The van der Waals surface area contributed by atoms with Crippen LogP contribution in [0.15, 0.2) is 29.2 Å². The van der Waals surface area contributed by atoms with Gasteiger partial charge in [0.1, 0.15) is 0 Å². The fourth-order valence-electron chi connectivity index (χ4n) is 1.84. The van der Waals surface area contributed by atoms with Gasteiger partial charge in [-0.25, -0.2) is 8.42 Å². The standard InChI is InChI=1S/C13H18ClNO3S/c1-9(2)8-10(3)15-13(16)11-4-6-12(7-5-11)19(14,17)18/h4-7,9-10H,8H2,1-3H3,(H,15,16). The van der Waals surface area contributed by atoms with Crippen molar-refractivity contribution in [2.24, 2.45) is 5.92 Å². The van der Waals surface area contributed by atoms with E-state index in [1.54, 1.807) is 0 Å². The Morgan fingerprint density at radius 1 is 1.21 bits per heavy atom. The molecule has 1 atom stereocenters. The molecule has 6 heteroatoms. The maximum absolute atomic E-state index is 11.9. The van der Waals surface area contributed by atoms with Crippen molar-refractivity contribution >= 4 is 25.6 Å². The second-order valence-corrected chi connectivity index (χ2v) is 7.53. The predicted octanol–water partition coefficient (Wildman–Crippen LogP) is 2.78. The van der Waals surface area contributed by atoms with Crippen molar-refractivity contribution < 1.29 is 13.2 Å². The summed E-state index contributed by atoms with van der Waals surface area (Å²) >= 11 is 0. The Kier molecular flexibility index (Phi) is 5.38. The van der Waals surface area contributed by atoms with Crippen molar-refractivity contribution in [1.82, 2.24) is 5.32 Å². The highest BCUT2D eigenvalue weighted by Gasteiger charge is 2.13. The van der Waals surface area contributed by atoms with E-state index in [9.17, 15) is 13.2 Å². The van der Waals surface area contributed by atoms with Crippen LogP contribution in [0, 0.1) is 5.92 Å². The Bertz CT molecular complexity index is 538. The molecule has 19 heavy (non-hydrogen) atoms. The van der Waals surface area contributed by atoms with E-state index in [1.165, 1.54) is 24.3 Å². The van der Waals surface area contributed by atoms with Gasteiger partial charge in [0.25, 0.3) is 15.0 Å². The fraction of sp³-hybridized carbons (Fsp3) is 0.462. The van der Waals surface area contributed by atoms with Gasteiger partial charge in [0, 0.05) is 22.3 Å². The number of carbonyl (C=O) groups excluding carboxylic acids is 1. The van der Waals surface area contributed by atoms with Gasteiger partial charge in [0.15, 0.2) is 0 Å². The summed E-state index contributed by atoms with van der Waals surface area (Å²) in [5, 5.41) is 2.86. The highest BCUT2D eigenvalue weighted by Crippen LogP contribution is 2.15. The van der Waals surface area contributed by atoms with Crippen LogP contribution in [0.25, 0.3) is 0 Å². The van der Waals surface area contributed by atoms with Crippen molar-refractivity contribution in [3.8, 4) is 0 Å². The van der Waals surface area contributed by atoms with Crippen LogP contribution in [0.1, 0.15) is 37.6 Å². The van der Waals surface area contributed by atoms with Crippen LogP contribution in [0.3, 0.4) is 0 Å². The van der Waals surface area contributed by atoms with Gasteiger partial charge >= 0.3 is 0 Å². The molecule has 1 N–H and O–H groups in total. The largest absolute Gasteiger partial charge is 0.350 e. The molecule has 1 aromatic rings. The lowest BCUT2D eigenvalue weighted by atomic mass is 10.0. The molecule has 0 heterocycles. The Morgan fingerprint density at radius 3 is 2.16 bits per heavy atom. The second kappa shape index (κ2) is 6.39. The second-order valence-electron chi connectivity index (χ2n) is 4.97. The van der Waals surface area contributed by atoms with Crippen LogP contribution < -0.4 is 5.32 Å². The van der Waals surface area contributed by atoms with E-state index in [0.29, 0.717) is 11.5 Å². The van der Waals surface area contributed by atoms with Crippen molar-refractivity contribution in [3.63, 3.8) is 0 Å². The molecule has 1 unspecified atom stereocenters. The SMILES string of the molecule is CC(C)CC(C)NC(=O)c1ccc(S(=O)(=O)Cl)cc1. The maximum atomic E-state index is 11.9. The predicted molar refractivity (Wildman–Crippen MR) is 75.9 cm³/mol. The molecule has 1 amide bonds. The van der Waals surface area contributed by atoms with E-state index < -0.39 is 9.05 Å². The Hall–Kier alpha value is -1.07.